The molecular formula is C24H26N4OS. The molecular weight excluding hydrogens is 392 g/mol. The number of nitrogens with one attached hydrogen (secondary N) is 2. The molecule has 0 saturated heterocycles. The topological polar surface area (TPSA) is 70.7 Å². The summed E-state index contributed by atoms with van der Waals surface area (Å²) in [5.41, 5.74) is 1.06. The number of hydrogen-bond acceptors (Lipinski definition) is 4. The van der Waals surface area contributed by atoms with E-state index in [4.69, 9.17) is 4.98 Å². The van der Waals surface area contributed by atoms with Crippen molar-refractivity contribution in [2.75, 3.05) is 11.1 Å². The Morgan fingerprint density at radius 2 is 1.73 bits per heavy atom. The van der Waals surface area contributed by atoms with Crippen LogP contribution in [0.1, 0.15) is 44.3 Å². The van der Waals surface area contributed by atoms with E-state index in [9.17, 15) is 4.79 Å². The van der Waals surface area contributed by atoms with Gasteiger partial charge in [0, 0.05) is 16.5 Å². The highest BCUT2D eigenvalue weighted by Gasteiger charge is 2.53. The van der Waals surface area contributed by atoms with Crippen LogP contribution < -0.4 is 5.32 Å². The first kappa shape index (κ1) is 18.4. The van der Waals surface area contributed by atoms with E-state index >= 15 is 0 Å². The minimum absolute atomic E-state index is 0.0301. The highest BCUT2D eigenvalue weighted by molar-refractivity contribution is 7.99. The third-order valence-corrected chi connectivity index (χ3v) is 8.25. The summed E-state index contributed by atoms with van der Waals surface area (Å²) in [5, 5.41) is 13.6. The van der Waals surface area contributed by atoms with Crippen LogP contribution in [0.4, 0.5) is 5.69 Å². The van der Waals surface area contributed by atoms with Crippen LogP contribution in [0.25, 0.3) is 10.8 Å². The minimum atomic E-state index is -0.0301. The first-order valence-corrected chi connectivity index (χ1v) is 12.0. The van der Waals surface area contributed by atoms with Gasteiger partial charge in [0.15, 0.2) is 0 Å². The Kier molecular flexibility index (Phi) is 4.37. The maximum Gasteiger partial charge on any atom is 0.234 e. The zero-order valence-electron chi connectivity index (χ0n) is 16.9. The quantitative estimate of drug-likeness (QED) is 0.562. The number of benzene rings is 2. The molecule has 0 spiro atoms. The number of rotatable bonds is 5. The molecule has 0 radical (unpaired) electrons. The fraction of sp³-hybridized carbons (Fsp3) is 0.458. The maximum absolute atomic E-state index is 12.6. The second kappa shape index (κ2) is 7.12. The van der Waals surface area contributed by atoms with Crippen molar-refractivity contribution in [3.63, 3.8) is 0 Å². The molecule has 1 amide bonds. The number of aromatic amines is 1. The Morgan fingerprint density at radius 3 is 2.50 bits per heavy atom. The lowest BCUT2D eigenvalue weighted by molar-refractivity contribution is -0.113. The van der Waals surface area contributed by atoms with E-state index in [2.05, 4.69) is 27.6 Å². The first-order chi connectivity index (χ1) is 14.7. The molecule has 0 aliphatic heterocycles. The van der Waals surface area contributed by atoms with Crippen LogP contribution in [0, 0.1) is 17.8 Å². The molecule has 4 aliphatic carbocycles. The van der Waals surface area contributed by atoms with Gasteiger partial charge in [-0.15, -0.1) is 5.10 Å². The van der Waals surface area contributed by atoms with Gasteiger partial charge in [0.2, 0.25) is 11.1 Å². The monoisotopic (exact) mass is 418 g/mol. The smallest absolute Gasteiger partial charge is 0.234 e. The lowest BCUT2D eigenvalue weighted by atomic mass is 9.49. The van der Waals surface area contributed by atoms with Gasteiger partial charge in [0.05, 0.1) is 5.75 Å². The number of carbonyl (C=O) groups is 1. The van der Waals surface area contributed by atoms with Crippen LogP contribution in [0.5, 0.6) is 0 Å². The normalized spacial score (nSPS) is 29.4. The number of amides is 1. The fourth-order valence-corrected chi connectivity index (χ4v) is 7.20. The lowest BCUT2D eigenvalue weighted by Crippen LogP contribution is -2.49. The summed E-state index contributed by atoms with van der Waals surface area (Å²) in [7, 11) is 0. The van der Waals surface area contributed by atoms with E-state index in [0.717, 1.165) is 40.0 Å². The molecule has 5 nitrogen and oxygen atoms in total. The van der Waals surface area contributed by atoms with E-state index in [1.54, 1.807) is 0 Å². The number of hydrogen-bond donors (Lipinski definition) is 2. The van der Waals surface area contributed by atoms with Crippen molar-refractivity contribution in [1.29, 1.82) is 0 Å². The zero-order chi connectivity index (χ0) is 20.1. The van der Waals surface area contributed by atoms with Crippen molar-refractivity contribution >= 4 is 34.1 Å². The molecule has 0 atom stereocenters. The summed E-state index contributed by atoms with van der Waals surface area (Å²) < 4.78 is 0. The molecule has 1 heterocycles. The van der Waals surface area contributed by atoms with Crippen molar-refractivity contribution in [2.24, 2.45) is 17.8 Å². The third-order valence-electron chi connectivity index (χ3n) is 7.40. The van der Waals surface area contributed by atoms with E-state index in [-0.39, 0.29) is 11.3 Å². The standard InChI is InChI=1S/C24H26N4OS/c29-21(25-20-7-3-5-18-4-1-2-6-19(18)20)14-30-23-26-22(27-28-23)24-11-15-8-16(12-24)10-17(9-15)13-24/h1-7,15-17H,8-14H2,(H,25,29)(H,26,27,28). The van der Waals surface area contributed by atoms with Crippen LogP contribution in [-0.2, 0) is 10.2 Å². The molecule has 6 heteroatoms. The lowest BCUT2D eigenvalue weighted by Gasteiger charge is -2.55. The SMILES string of the molecule is O=C(CSc1n[nH]c(C23CC4CC(CC(C4)C2)C3)n1)Nc1cccc2ccccc12. The minimum Gasteiger partial charge on any atom is -0.325 e. The van der Waals surface area contributed by atoms with Crippen LogP contribution in [-0.4, -0.2) is 26.8 Å². The molecule has 4 fully saturated rings. The Labute approximate surface area is 180 Å². The van der Waals surface area contributed by atoms with Gasteiger partial charge in [-0.1, -0.05) is 48.2 Å². The van der Waals surface area contributed by atoms with E-state index in [1.165, 1.54) is 50.3 Å². The van der Waals surface area contributed by atoms with Gasteiger partial charge in [-0.2, -0.15) is 0 Å². The second-order valence-corrected chi connectivity index (χ2v) is 10.5. The number of aromatic nitrogens is 3. The van der Waals surface area contributed by atoms with Crippen molar-refractivity contribution in [1.82, 2.24) is 15.2 Å². The molecule has 4 saturated carbocycles. The number of thioether (sulfide) groups is 1. The molecule has 1 aromatic heterocycles. The van der Waals surface area contributed by atoms with Gasteiger partial charge in [-0.05, 0) is 67.7 Å². The number of H-pyrrole nitrogens is 1. The molecule has 0 unspecified atom stereocenters. The molecule has 7 rings (SSSR count). The van der Waals surface area contributed by atoms with Crippen molar-refractivity contribution in [2.45, 2.75) is 49.1 Å². The van der Waals surface area contributed by atoms with Crippen molar-refractivity contribution < 1.29 is 4.79 Å². The molecule has 2 aromatic carbocycles. The maximum atomic E-state index is 12.6. The van der Waals surface area contributed by atoms with Gasteiger partial charge in [-0.25, -0.2) is 4.98 Å². The Bertz CT molecular complexity index is 1070. The van der Waals surface area contributed by atoms with Crippen LogP contribution >= 0.6 is 11.8 Å². The van der Waals surface area contributed by atoms with Crippen LogP contribution in [0.15, 0.2) is 47.6 Å². The molecule has 30 heavy (non-hydrogen) atoms. The average molecular weight is 419 g/mol. The predicted molar refractivity (Wildman–Crippen MR) is 120 cm³/mol. The largest absolute Gasteiger partial charge is 0.325 e. The molecule has 3 aromatic rings. The summed E-state index contributed by atoms with van der Waals surface area (Å²) in [6.45, 7) is 0. The van der Waals surface area contributed by atoms with E-state index in [0.29, 0.717) is 10.9 Å². The molecule has 4 bridgehead atoms. The number of fused-ring (bicyclic) bond motifs is 1. The van der Waals surface area contributed by atoms with Crippen molar-refractivity contribution in [3.05, 3.63) is 48.3 Å². The number of nitrogens with zero attached hydrogens (tertiary/aromatic N) is 2. The van der Waals surface area contributed by atoms with Crippen molar-refractivity contribution in [3.8, 4) is 0 Å². The summed E-state index contributed by atoms with van der Waals surface area (Å²) >= 11 is 1.41. The Morgan fingerprint density at radius 1 is 1.03 bits per heavy atom. The van der Waals surface area contributed by atoms with Crippen LogP contribution in [0.2, 0.25) is 0 Å². The Balaban J connectivity index is 1.12. The predicted octanol–water partition coefficient (Wildman–Crippen LogP) is 5.16. The zero-order valence-corrected chi connectivity index (χ0v) is 17.8. The van der Waals surface area contributed by atoms with Gasteiger partial charge in [0.1, 0.15) is 5.82 Å². The number of anilines is 1. The first-order valence-electron chi connectivity index (χ1n) is 11.0. The molecule has 4 aliphatic rings. The summed E-state index contributed by atoms with van der Waals surface area (Å²) in [6, 6.07) is 14.1. The summed E-state index contributed by atoms with van der Waals surface area (Å²) in [5.74, 6) is 3.98. The second-order valence-electron chi connectivity index (χ2n) is 9.53. The van der Waals surface area contributed by atoms with E-state index < -0.39 is 0 Å². The Hall–Kier alpha value is -2.34. The molecule has 2 N–H and O–H groups in total. The average Bonchev–Trinajstić information content (AvgIpc) is 3.22. The highest BCUT2D eigenvalue weighted by Crippen LogP contribution is 2.60. The van der Waals surface area contributed by atoms with Crippen LogP contribution in [0.3, 0.4) is 0 Å². The highest BCUT2D eigenvalue weighted by atomic mass is 32.2. The molecule has 154 valence electrons. The van der Waals surface area contributed by atoms with E-state index in [1.807, 2.05) is 30.3 Å². The van der Waals surface area contributed by atoms with Gasteiger partial charge in [-0.3, -0.25) is 9.89 Å². The third kappa shape index (κ3) is 3.22. The fourth-order valence-electron chi connectivity index (χ4n) is 6.60. The van der Waals surface area contributed by atoms with Gasteiger partial charge >= 0.3 is 0 Å². The number of carbonyl (C=O) groups excluding carboxylic acids is 1. The summed E-state index contributed by atoms with van der Waals surface area (Å²) in [4.78, 5) is 17.4. The van der Waals surface area contributed by atoms with Gasteiger partial charge < -0.3 is 5.32 Å². The summed E-state index contributed by atoms with van der Waals surface area (Å²) in [6.07, 6.45) is 8.05. The van der Waals surface area contributed by atoms with Gasteiger partial charge in [0.25, 0.3) is 0 Å².